The van der Waals surface area contributed by atoms with Crippen LogP contribution in [0.25, 0.3) is 0 Å². The van der Waals surface area contributed by atoms with Crippen LogP contribution in [0.2, 0.25) is 5.02 Å². The monoisotopic (exact) mass is 278 g/mol. The Kier molecular flexibility index (Phi) is 4.14. The van der Waals surface area contributed by atoms with Crippen molar-refractivity contribution in [2.45, 2.75) is 50.5 Å². The van der Waals surface area contributed by atoms with E-state index >= 15 is 0 Å². The first kappa shape index (κ1) is 13.5. The molecule has 0 N–H and O–H groups in total. The van der Waals surface area contributed by atoms with Crippen molar-refractivity contribution in [3.05, 3.63) is 34.9 Å². The van der Waals surface area contributed by atoms with Gasteiger partial charge >= 0.3 is 0 Å². The highest BCUT2D eigenvalue weighted by molar-refractivity contribution is 6.30. The van der Waals surface area contributed by atoms with Crippen molar-refractivity contribution in [1.29, 1.82) is 0 Å². The van der Waals surface area contributed by atoms with Crippen LogP contribution in [0.4, 0.5) is 0 Å². The zero-order chi connectivity index (χ0) is 13.2. The molecule has 1 aromatic carbocycles. The zero-order valence-electron chi connectivity index (χ0n) is 11.6. The molecule has 2 aliphatic rings. The predicted octanol–water partition coefficient (Wildman–Crippen LogP) is 5.04. The van der Waals surface area contributed by atoms with Crippen molar-refractivity contribution in [3.8, 4) is 0 Å². The highest BCUT2D eigenvalue weighted by Gasteiger charge is 2.35. The van der Waals surface area contributed by atoms with Crippen molar-refractivity contribution in [1.82, 2.24) is 0 Å². The van der Waals surface area contributed by atoms with E-state index in [0.717, 1.165) is 22.8 Å². The summed E-state index contributed by atoms with van der Waals surface area (Å²) >= 11 is 5.98. The number of ether oxygens (including phenoxy) is 1. The van der Waals surface area contributed by atoms with Crippen LogP contribution in [0, 0.1) is 11.8 Å². The lowest BCUT2D eigenvalue weighted by Gasteiger charge is -2.42. The van der Waals surface area contributed by atoms with E-state index in [2.05, 4.69) is 12.1 Å². The number of rotatable bonds is 2. The standard InChI is InChI=1S/C17H23ClO/c1-19-17-9-6-14-10-13(2-3-15(14)11-17)12-4-7-16(18)8-5-12/h4-5,7-8,13-15,17H,2-3,6,9-11H2,1H3. The Morgan fingerprint density at radius 1 is 0.947 bits per heavy atom. The van der Waals surface area contributed by atoms with E-state index in [1.807, 2.05) is 19.2 Å². The molecule has 2 heteroatoms. The van der Waals surface area contributed by atoms with E-state index in [1.54, 1.807) is 0 Å². The van der Waals surface area contributed by atoms with E-state index in [9.17, 15) is 0 Å². The molecule has 19 heavy (non-hydrogen) atoms. The predicted molar refractivity (Wildman–Crippen MR) is 79.7 cm³/mol. The number of halogens is 1. The van der Waals surface area contributed by atoms with Crippen molar-refractivity contribution >= 4 is 11.6 Å². The third kappa shape index (κ3) is 2.98. The van der Waals surface area contributed by atoms with Gasteiger partial charge in [-0.15, -0.1) is 0 Å². The average molecular weight is 279 g/mol. The van der Waals surface area contributed by atoms with Crippen LogP contribution < -0.4 is 0 Å². The molecule has 4 atom stereocenters. The third-order valence-electron chi connectivity index (χ3n) is 5.24. The van der Waals surface area contributed by atoms with Crippen LogP contribution in [-0.4, -0.2) is 13.2 Å². The molecule has 3 rings (SSSR count). The van der Waals surface area contributed by atoms with Crippen molar-refractivity contribution < 1.29 is 4.74 Å². The second kappa shape index (κ2) is 5.85. The molecular weight excluding hydrogens is 256 g/mol. The minimum absolute atomic E-state index is 0.522. The minimum atomic E-state index is 0.522. The number of fused-ring (bicyclic) bond motifs is 1. The maximum Gasteiger partial charge on any atom is 0.0574 e. The minimum Gasteiger partial charge on any atom is -0.381 e. The highest BCUT2D eigenvalue weighted by Crippen LogP contribution is 2.46. The molecule has 2 fully saturated rings. The Morgan fingerprint density at radius 2 is 1.63 bits per heavy atom. The zero-order valence-corrected chi connectivity index (χ0v) is 12.4. The van der Waals surface area contributed by atoms with Crippen LogP contribution in [-0.2, 0) is 4.74 Å². The third-order valence-corrected chi connectivity index (χ3v) is 5.49. The molecule has 0 saturated heterocycles. The van der Waals surface area contributed by atoms with E-state index in [4.69, 9.17) is 16.3 Å². The molecular formula is C17H23ClO. The lowest BCUT2D eigenvalue weighted by molar-refractivity contribution is 0.0123. The van der Waals surface area contributed by atoms with Gasteiger partial charge < -0.3 is 4.74 Å². The second-order valence-corrected chi connectivity index (χ2v) is 6.69. The van der Waals surface area contributed by atoms with Gasteiger partial charge in [0.15, 0.2) is 0 Å². The summed E-state index contributed by atoms with van der Waals surface area (Å²) < 4.78 is 5.55. The molecule has 1 aromatic rings. The summed E-state index contributed by atoms with van der Waals surface area (Å²) in [5, 5.41) is 0.845. The molecule has 104 valence electrons. The summed E-state index contributed by atoms with van der Waals surface area (Å²) in [4.78, 5) is 0. The van der Waals surface area contributed by atoms with Gasteiger partial charge in [0.25, 0.3) is 0 Å². The summed E-state index contributed by atoms with van der Waals surface area (Å²) in [7, 11) is 1.87. The van der Waals surface area contributed by atoms with E-state index in [0.29, 0.717) is 6.10 Å². The maximum absolute atomic E-state index is 5.98. The molecule has 0 amide bonds. The highest BCUT2D eigenvalue weighted by atomic mass is 35.5. The fourth-order valence-corrected chi connectivity index (χ4v) is 4.22. The molecule has 0 spiro atoms. The Hall–Kier alpha value is -0.530. The number of methoxy groups -OCH3 is 1. The number of hydrogen-bond acceptors (Lipinski definition) is 1. The Morgan fingerprint density at radius 3 is 2.37 bits per heavy atom. The van der Waals surface area contributed by atoms with E-state index < -0.39 is 0 Å². The fraction of sp³-hybridized carbons (Fsp3) is 0.647. The van der Waals surface area contributed by atoms with Gasteiger partial charge in [0.1, 0.15) is 0 Å². The molecule has 2 aliphatic carbocycles. The van der Waals surface area contributed by atoms with E-state index in [1.165, 1.54) is 44.1 Å². The van der Waals surface area contributed by atoms with Crippen LogP contribution in [0.15, 0.2) is 24.3 Å². The Labute approximate surface area is 121 Å². The quantitative estimate of drug-likeness (QED) is 0.736. The first-order chi connectivity index (χ1) is 9.26. The molecule has 1 nitrogen and oxygen atoms in total. The lowest BCUT2D eigenvalue weighted by atomic mass is 9.65. The topological polar surface area (TPSA) is 9.23 Å². The molecule has 0 bridgehead atoms. The first-order valence-corrected chi connectivity index (χ1v) is 7.92. The normalized spacial score (nSPS) is 34.8. The van der Waals surface area contributed by atoms with Gasteiger partial charge in [-0.3, -0.25) is 0 Å². The summed E-state index contributed by atoms with van der Waals surface area (Å²) in [5.41, 5.74) is 1.48. The second-order valence-electron chi connectivity index (χ2n) is 6.25. The molecule has 2 saturated carbocycles. The summed E-state index contributed by atoms with van der Waals surface area (Å²) in [6.07, 6.45) is 8.49. The number of hydrogen-bond donors (Lipinski definition) is 0. The van der Waals surface area contributed by atoms with Gasteiger partial charge in [-0.1, -0.05) is 23.7 Å². The molecule has 0 heterocycles. The van der Waals surface area contributed by atoms with Crippen LogP contribution >= 0.6 is 11.6 Å². The van der Waals surface area contributed by atoms with Crippen molar-refractivity contribution in [2.75, 3.05) is 7.11 Å². The van der Waals surface area contributed by atoms with Crippen LogP contribution in [0.1, 0.15) is 50.0 Å². The van der Waals surface area contributed by atoms with Gasteiger partial charge in [0, 0.05) is 12.1 Å². The maximum atomic E-state index is 5.98. The summed E-state index contributed by atoms with van der Waals surface area (Å²) in [6, 6.07) is 8.50. The molecule has 0 aromatic heterocycles. The summed E-state index contributed by atoms with van der Waals surface area (Å²) in [5.74, 6) is 2.57. The van der Waals surface area contributed by atoms with Crippen LogP contribution in [0.3, 0.4) is 0 Å². The Bertz CT molecular complexity index is 414. The van der Waals surface area contributed by atoms with Crippen molar-refractivity contribution in [3.63, 3.8) is 0 Å². The first-order valence-electron chi connectivity index (χ1n) is 7.54. The largest absolute Gasteiger partial charge is 0.381 e. The SMILES string of the molecule is COC1CCC2CC(c3ccc(Cl)cc3)CCC2C1. The van der Waals surface area contributed by atoms with Crippen molar-refractivity contribution in [2.24, 2.45) is 11.8 Å². The molecule has 0 aliphatic heterocycles. The molecule has 4 unspecified atom stereocenters. The smallest absolute Gasteiger partial charge is 0.0574 e. The average Bonchev–Trinajstić information content (AvgIpc) is 2.47. The number of benzene rings is 1. The Balaban J connectivity index is 1.65. The van der Waals surface area contributed by atoms with Gasteiger partial charge in [0.05, 0.1) is 6.10 Å². The van der Waals surface area contributed by atoms with Crippen LogP contribution in [0.5, 0.6) is 0 Å². The van der Waals surface area contributed by atoms with Gasteiger partial charge in [-0.25, -0.2) is 0 Å². The van der Waals surface area contributed by atoms with Gasteiger partial charge in [-0.05, 0) is 74.0 Å². The molecule has 0 radical (unpaired) electrons. The van der Waals surface area contributed by atoms with Gasteiger partial charge in [0.2, 0.25) is 0 Å². The fourth-order valence-electron chi connectivity index (χ4n) is 4.10. The van der Waals surface area contributed by atoms with Gasteiger partial charge in [-0.2, -0.15) is 0 Å². The summed E-state index contributed by atoms with van der Waals surface area (Å²) in [6.45, 7) is 0. The lowest BCUT2D eigenvalue weighted by Crippen LogP contribution is -2.33. The van der Waals surface area contributed by atoms with E-state index in [-0.39, 0.29) is 0 Å².